The summed E-state index contributed by atoms with van der Waals surface area (Å²) in [7, 11) is 0. The van der Waals surface area contributed by atoms with E-state index in [0.717, 1.165) is 22.9 Å². The summed E-state index contributed by atoms with van der Waals surface area (Å²) in [4.78, 5) is 11.2. The minimum absolute atomic E-state index is 0.0289. The molecule has 0 spiro atoms. The number of rotatable bonds is 3. The van der Waals surface area contributed by atoms with E-state index in [-0.39, 0.29) is 16.9 Å². The first-order valence-electron chi connectivity index (χ1n) is 6.11. The Kier molecular flexibility index (Phi) is 3.61. The fraction of sp³-hybridized carbons (Fsp3) is 0.133. The summed E-state index contributed by atoms with van der Waals surface area (Å²) < 4.78 is 13.9. The number of halogens is 1. The zero-order chi connectivity index (χ0) is 14.9. The minimum atomic E-state index is -0.689. The second-order valence-corrected chi connectivity index (χ2v) is 4.73. The van der Waals surface area contributed by atoms with E-state index >= 15 is 0 Å². The number of aryl methyl sites for hydroxylation is 2. The van der Waals surface area contributed by atoms with E-state index in [2.05, 4.69) is 5.32 Å². The molecule has 0 bridgehead atoms. The Labute approximate surface area is 116 Å². The SMILES string of the molecule is Cc1ccc(Nc2cc(C(N)=O)c(N)cc2F)c(C)c1. The van der Waals surface area contributed by atoms with Crippen LogP contribution in [-0.4, -0.2) is 5.91 Å². The summed E-state index contributed by atoms with van der Waals surface area (Å²) in [5.74, 6) is -1.22. The summed E-state index contributed by atoms with van der Waals surface area (Å²) >= 11 is 0. The highest BCUT2D eigenvalue weighted by molar-refractivity contribution is 5.99. The highest BCUT2D eigenvalue weighted by Gasteiger charge is 2.12. The largest absolute Gasteiger partial charge is 0.398 e. The standard InChI is InChI=1S/C15H16FN3O/c1-8-3-4-13(9(2)5-8)19-14-6-10(15(18)20)12(17)7-11(14)16/h3-7,19H,17H2,1-2H3,(H2,18,20). The van der Waals surface area contributed by atoms with E-state index in [0.29, 0.717) is 0 Å². The van der Waals surface area contributed by atoms with E-state index in [4.69, 9.17) is 11.5 Å². The number of amides is 1. The number of nitrogen functional groups attached to an aromatic ring is 1. The van der Waals surface area contributed by atoms with E-state index in [9.17, 15) is 9.18 Å². The molecule has 0 unspecified atom stereocenters. The molecule has 20 heavy (non-hydrogen) atoms. The van der Waals surface area contributed by atoms with Crippen molar-refractivity contribution >= 4 is 23.0 Å². The van der Waals surface area contributed by atoms with Crippen LogP contribution in [-0.2, 0) is 0 Å². The third-order valence-electron chi connectivity index (χ3n) is 3.06. The average molecular weight is 273 g/mol. The van der Waals surface area contributed by atoms with Gasteiger partial charge in [0.25, 0.3) is 5.91 Å². The number of hydrogen-bond donors (Lipinski definition) is 3. The van der Waals surface area contributed by atoms with Crippen LogP contribution in [0.1, 0.15) is 21.5 Å². The number of hydrogen-bond acceptors (Lipinski definition) is 3. The Morgan fingerprint density at radius 2 is 1.85 bits per heavy atom. The van der Waals surface area contributed by atoms with E-state index in [1.54, 1.807) is 0 Å². The molecule has 1 amide bonds. The smallest absolute Gasteiger partial charge is 0.250 e. The Balaban J connectivity index is 2.43. The Morgan fingerprint density at radius 1 is 1.15 bits per heavy atom. The van der Waals surface area contributed by atoms with Gasteiger partial charge in [-0.05, 0) is 37.6 Å². The third kappa shape index (κ3) is 2.71. The molecule has 0 aromatic heterocycles. The Hall–Kier alpha value is -2.56. The van der Waals surface area contributed by atoms with Crippen LogP contribution in [0.3, 0.4) is 0 Å². The summed E-state index contributed by atoms with van der Waals surface area (Å²) in [6.07, 6.45) is 0. The number of benzene rings is 2. The molecule has 2 aromatic rings. The fourth-order valence-electron chi connectivity index (χ4n) is 2.00. The molecule has 0 aliphatic carbocycles. The summed E-state index contributed by atoms with van der Waals surface area (Å²) in [5.41, 5.74) is 13.9. The molecule has 0 fully saturated rings. The monoisotopic (exact) mass is 273 g/mol. The molecule has 2 rings (SSSR count). The van der Waals surface area contributed by atoms with Crippen LogP contribution >= 0.6 is 0 Å². The number of nitrogens with two attached hydrogens (primary N) is 2. The molecule has 4 nitrogen and oxygen atoms in total. The van der Waals surface area contributed by atoms with Gasteiger partial charge in [0, 0.05) is 11.4 Å². The number of nitrogens with one attached hydrogen (secondary N) is 1. The molecular formula is C15H16FN3O. The number of anilines is 3. The van der Waals surface area contributed by atoms with Crippen LogP contribution in [0.2, 0.25) is 0 Å². The molecule has 0 aliphatic heterocycles. The van der Waals surface area contributed by atoms with Crippen LogP contribution in [0, 0.1) is 19.7 Å². The molecule has 0 saturated heterocycles. The van der Waals surface area contributed by atoms with Crippen LogP contribution in [0.5, 0.6) is 0 Å². The molecule has 0 atom stereocenters. The van der Waals surface area contributed by atoms with Crippen LogP contribution in [0.4, 0.5) is 21.5 Å². The summed E-state index contributed by atoms with van der Waals surface area (Å²) in [6.45, 7) is 3.89. The van der Waals surface area contributed by atoms with Gasteiger partial charge in [0.2, 0.25) is 0 Å². The zero-order valence-corrected chi connectivity index (χ0v) is 11.3. The van der Waals surface area contributed by atoms with Crippen LogP contribution in [0.25, 0.3) is 0 Å². The fourth-order valence-corrected chi connectivity index (χ4v) is 2.00. The number of carbonyl (C=O) groups excluding carboxylic acids is 1. The van der Waals surface area contributed by atoms with Gasteiger partial charge in [-0.15, -0.1) is 0 Å². The first kappa shape index (κ1) is 13.9. The van der Waals surface area contributed by atoms with Crippen molar-refractivity contribution in [2.24, 2.45) is 5.73 Å². The Bertz CT molecular complexity index is 683. The highest BCUT2D eigenvalue weighted by Crippen LogP contribution is 2.27. The van der Waals surface area contributed by atoms with Gasteiger partial charge in [-0.25, -0.2) is 4.39 Å². The van der Waals surface area contributed by atoms with Gasteiger partial charge in [0.1, 0.15) is 5.82 Å². The Morgan fingerprint density at radius 3 is 2.45 bits per heavy atom. The van der Waals surface area contributed by atoms with Crippen molar-refractivity contribution in [3.63, 3.8) is 0 Å². The van der Waals surface area contributed by atoms with Gasteiger partial charge in [0.15, 0.2) is 0 Å². The van der Waals surface area contributed by atoms with E-state index in [1.807, 2.05) is 32.0 Å². The van der Waals surface area contributed by atoms with Gasteiger partial charge < -0.3 is 16.8 Å². The van der Waals surface area contributed by atoms with E-state index in [1.165, 1.54) is 6.07 Å². The lowest BCUT2D eigenvalue weighted by Gasteiger charge is -2.13. The highest BCUT2D eigenvalue weighted by atomic mass is 19.1. The van der Waals surface area contributed by atoms with Crippen molar-refractivity contribution in [3.8, 4) is 0 Å². The van der Waals surface area contributed by atoms with Crippen molar-refractivity contribution in [1.29, 1.82) is 0 Å². The second kappa shape index (κ2) is 5.21. The van der Waals surface area contributed by atoms with Crippen molar-refractivity contribution in [3.05, 3.63) is 52.8 Å². The van der Waals surface area contributed by atoms with Gasteiger partial charge in [-0.2, -0.15) is 0 Å². The molecular weight excluding hydrogens is 257 g/mol. The first-order chi connectivity index (χ1) is 9.38. The average Bonchev–Trinajstić information content (AvgIpc) is 2.35. The summed E-state index contributed by atoms with van der Waals surface area (Å²) in [6, 6.07) is 8.16. The summed E-state index contributed by atoms with van der Waals surface area (Å²) in [5, 5.41) is 2.95. The van der Waals surface area contributed by atoms with Gasteiger partial charge >= 0.3 is 0 Å². The lowest BCUT2D eigenvalue weighted by Crippen LogP contribution is -2.14. The molecule has 0 aliphatic rings. The number of carbonyl (C=O) groups is 1. The zero-order valence-electron chi connectivity index (χ0n) is 11.3. The van der Waals surface area contributed by atoms with Gasteiger partial charge in [0.05, 0.1) is 11.3 Å². The maximum Gasteiger partial charge on any atom is 0.250 e. The van der Waals surface area contributed by atoms with Crippen LogP contribution < -0.4 is 16.8 Å². The molecule has 0 heterocycles. The second-order valence-electron chi connectivity index (χ2n) is 4.73. The van der Waals surface area contributed by atoms with Gasteiger partial charge in [-0.1, -0.05) is 17.7 Å². The minimum Gasteiger partial charge on any atom is -0.398 e. The molecule has 0 radical (unpaired) electrons. The van der Waals surface area contributed by atoms with Crippen molar-refractivity contribution in [2.75, 3.05) is 11.1 Å². The number of primary amides is 1. The predicted octanol–water partition coefficient (Wildman–Crippen LogP) is 2.87. The lowest BCUT2D eigenvalue weighted by molar-refractivity contribution is 0.100. The molecule has 104 valence electrons. The van der Waals surface area contributed by atoms with Crippen molar-refractivity contribution in [2.45, 2.75) is 13.8 Å². The van der Waals surface area contributed by atoms with Gasteiger partial charge in [-0.3, -0.25) is 4.79 Å². The molecule has 5 N–H and O–H groups in total. The molecule has 0 saturated carbocycles. The van der Waals surface area contributed by atoms with Crippen molar-refractivity contribution < 1.29 is 9.18 Å². The first-order valence-corrected chi connectivity index (χ1v) is 6.11. The normalized spacial score (nSPS) is 10.3. The lowest BCUT2D eigenvalue weighted by atomic mass is 10.1. The maximum atomic E-state index is 13.9. The molecule has 5 heteroatoms. The van der Waals surface area contributed by atoms with E-state index < -0.39 is 11.7 Å². The quantitative estimate of drug-likeness (QED) is 0.752. The third-order valence-corrected chi connectivity index (χ3v) is 3.06. The van der Waals surface area contributed by atoms with Crippen LogP contribution in [0.15, 0.2) is 30.3 Å². The topological polar surface area (TPSA) is 81.1 Å². The predicted molar refractivity (Wildman–Crippen MR) is 78.5 cm³/mol. The maximum absolute atomic E-state index is 13.9. The van der Waals surface area contributed by atoms with Crippen molar-refractivity contribution in [1.82, 2.24) is 0 Å². The molecule has 2 aromatic carbocycles.